The molecule has 0 spiro atoms. The number of aromatic amines is 1. The molecule has 6 nitrogen and oxygen atoms in total. The first-order chi connectivity index (χ1) is 14.0. The second kappa shape index (κ2) is 6.42. The standard InChI is InChI=1S/C22H16BrN3O3/c1-2-26-20-17(21(28)25-22(26)29)15(11-7-9-12(23)10-8-11)16-18(24-20)13-5-3-4-6-14(13)19(16)27/h3-10,15,27H,2H2,1H3,(H,25,28,29)/p+1. The van der Waals surface area contributed by atoms with Crippen LogP contribution in [0.1, 0.15) is 35.1 Å². The maximum atomic E-state index is 12.9. The maximum Gasteiger partial charge on any atom is 0.415 e. The Morgan fingerprint density at radius 2 is 1.79 bits per heavy atom. The highest BCUT2D eigenvalue weighted by atomic mass is 79.9. The molecule has 1 aromatic heterocycles. The molecule has 7 heteroatoms. The topological polar surface area (TPSA) is 89.1 Å². The SMILES string of the molecule is CCn1c2c(c(=O)[nH]c1=O)C(c1ccc(Br)cc1)C1=C(O)c3ccccc3C1=[NH+]2. The molecule has 2 heterocycles. The second-order valence-corrected chi connectivity index (χ2v) is 7.97. The van der Waals surface area contributed by atoms with Crippen molar-refractivity contribution in [3.63, 3.8) is 0 Å². The monoisotopic (exact) mass is 450 g/mol. The summed E-state index contributed by atoms with van der Waals surface area (Å²) in [7, 11) is 0. The molecule has 3 N–H and O–H groups in total. The van der Waals surface area contributed by atoms with Crippen LogP contribution in [-0.2, 0) is 6.54 Å². The Morgan fingerprint density at radius 3 is 2.48 bits per heavy atom. The average Bonchev–Trinajstić information content (AvgIpc) is 3.00. The van der Waals surface area contributed by atoms with Crippen molar-refractivity contribution in [1.29, 1.82) is 0 Å². The number of hydrogen-bond acceptors (Lipinski definition) is 3. The Morgan fingerprint density at radius 1 is 1.10 bits per heavy atom. The lowest BCUT2D eigenvalue weighted by Crippen LogP contribution is -2.72. The number of rotatable bonds is 2. The van der Waals surface area contributed by atoms with E-state index in [1.54, 1.807) is 0 Å². The van der Waals surface area contributed by atoms with E-state index in [9.17, 15) is 14.7 Å². The number of nitrogens with one attached hydrogen (secondary N) is 2. The van der Waals surface area contributed by atoms with Crippen LogP contribution in [0.5, 0.6) is 0 Å². The fourth-order valence-electron chi connectivity index (χ4n) is 4.27. The van der Waals surface area contributed by atoms with Crippen LogP contribution in [0.2, 0.25) is 0 Å². The van der Waals surface area contributed by atoms with Gasteiger partial charge in [-0.15, -0.1) is 0 Å². The molecule has 1 unspecified atom stereocenters. The van der Waals surface area contributed by atoms with Crippen LogP contribution < -0.4 is 16.2 Å². The van der Waals surface area contributed by atoms with Crippen LogP contribution in [-0.4, -0.2) is 20.4 Å². The first kappa shape index (κ1) is 17.9. The number of nitrogens with zero attached hydrogens (tertiary/aromatic N) is 1. The highest BCUT2D eigenvalue weighted by Gasteiger charge is 2.44. The van der Waals surface area contributed by atoms with E-state index < -0.39 is 17.2 Å². The van der Waals surface area contributed by atoms with E-state index in [-0.39, 0.29) is 5.76 Å². The molecular weight excluding hydrogens is 434 g/mol. The fraction of sp³-hybridized carbons (Fsp3) is 0.136. The van der Waals surface area contributed by atoms with Gasteiger partial charge in [-0.25, -0.2) is 9.79 Å². The number of aromatic nitrogens is 2. The van der Waals surface area contributed by atoms with Crippen LogP contribution in [0.3, 0.4) is 0 Å². The third-order valence-electron chi connectivity index (χ3n) is 5.55. The molecular formula is C22H17BrN3O3+. The lowest BCUT2D eigenvalue weighted by atomic mass is 9.81. The van der Waals surface area contributed by atoms with Crippen LogP contribution in [0, 0.1) is 0 Å². The summed E-state index contributed by atoms with van der Waals surface area (Å²) in [5.41, 5.74) is 3.30. The smallest absolute Gasteiger partial charge is 0.415 e. The molecule has 0 amide bonds. The summed E-state index contributed by atoms with van der Waals surface area (Å²) >= 11 is 3.45. The van der Waals surface area contributed by atoms with Gasteiger partial charge in [-0.05, 0) is 30.7 Å². The molecule has 1 aliphatic heterocycles. The predicted octanol–water partition coefficient (Wildman–Crippen LogP) is 1.95. The van der Waals surface area contributed by atoms with E-state index in [2.05, 4.69) is 25.9 Å². The molecule has 1 atom stereocenters. The normalized spacial score (nSPS) is 16.9. The Hall–Kier alpha value is -3.19. The lowest BCUT2D eigenvalue weighted by molar-refractivity contribution is -0.364. The minimum atomic E-state index is -0.510. The average molecular weight is 451 g/mol. The zero-order valence-electron chi connectivity index (χ0n) is 15.5. The van der Waals surface area contributed by atoms with Crippen LogP contribution in [0.15, 0.2) is 68.2 Å². The Bertz CT molecular complexity index is 1350. The molecule has 0 saturated carbocycles. The van der Waals surface area contributed by atoms with Crippen molar-refractivity contribution in [1.82, 2.24) is 9.55 Å². The van der Waals surface area contributed by atoms with Crippen molar-refractivity contribution in [2.75, 3.05) is 0 Å². The maximum absolute atomic E-state index is 12.9. The van der Waals surface area contributed by atoms with Crippen molar-refractivity contribution in [2.45, 2.75) is 19.4 Å². The van der Waals surface area contributed by atoms with Crippen molar-refractivity contribution in [3.8, 4) is 0 Å². The molecule has 1 aliphatic carbocycles. The van der Waals surface area contributed by atoms with Gasteiger partial charge < -0.3 is 5.11 Å². The van der Waals surface area contributed by atoms with Gasteiger partial charge in [0.1, 0.15) is 17.0 Å². The summed E-state index contributed by atoms with van der Waals surface area (Å²) in [6.07, 6.45) is 0. The summed E-state index contributed by atoms with van der Waals surface area (Å²) in [5, 5.41) is 11.1. The van der Waals surface area contributed by atoms with Gasteiger partial charge in [0.25, 0.3) is 11.4 Å². The minimum Gasteiger partial charge on any atom is -0.507 e. The number of H-pyrrole nitrogens is 1. The fourth-order valence-corrected chi connectivity index (χ4v) is 4.54. The van der Waals surface area contributed by atoms with Gasteiger partial charge >= 0.3 is 5.69 Å². The Kier molecular flexibility index (Phi) is 3.96. The van der Waals surface area contributed by atoms with Crippen LogP contribution in [0.4, 0.5) is 5.82 Å². The minimum absolute atomic E-state index is 0.148. The molecule has 0 radical (unpaired) electrons. The number of allylic oxidation sites excluding steroid dienone is 1. The first-order valence-corrected chi connectivity index (χ1v) is 10.1. The molecule has 0 saturated heterocycles. The first-order valence-electron chi connectivity index (χ1n) is 9.31. The number of halogens is 1. The molecule has 5 rings (SSSR count). The van der Waals surface area contributed by atoms with E-state index >= 15 is 0 Å². The van der Waals surface area contributed by atoms with E-state index in [0.29, 0.717) is 29.1 Å². The van der Waals surface area contributed by atoms with Crippen LogP contribution in [0.25, 0.3) is 5.76 Å². The van der Waals surface area contributed by atoms with Gasteiger partial charge in [-0.1, -0.05) is 46.3 Å². The van der Waals surface area contributed by atoms with Crippen molar-refractivity contribution in [3.05, 3.63) is 102 Å². The highest BCUT2D eigenvalue weighted by molar-refractivity contribution is 9.10. The van der Waals surface area contributed by atoms with Gasteiger partial charge in [-0.3, -0.25) is 9.78 Å². The quantitative estimate of drug-likeness (QED) is 0.557. The van der Waals surface area contributed by atoms with E-state index in [1.165, 1.54) is 4.57 Å². The summed E-state index contributed by atoms with van der Waals surface area (Å²) in [4.78, 5) is 31.1. The second-order valence-electron chi connectivity index (χ2n) is 7.06. The third-order valence-corrected chi connectivity index (χ3v) is 6.08. The highest BCUT2D eigenvalue weighted by Crippen LogP contribution is 2.43. The summed E-state index contributed by atoms with van der Waals surface area (Å²) in [6.45, 7) is 2.25. The van der Waals surface area contributed by atoms with E-state index in [0.717, 1.165) is 21.3 Å². The molecule has 2 aliphatic rings. The molecule has 0 bridgehead atoms. The number of aliphatic hydroxyl groups excluding tert-OH is 1. The van der Waals surface area contributed by atoms with Gasteiger partial charge in [0, 0.05) is 15.6 Å². The molecule has 2 aromatic carbocycles. The molecule has 0 fully saturated rings. The molecule has 144 valence electrons. The van der Waals surface area contributed by atoms with Gasteiger partial charge in [0.05, 0.1) is 18.0 Å². The summed E-state index contributed by atoms with van der Waals surface area (Å²) in [5.74, 6) is 0.108. The summed E-state index contributed by atoms with van der Waals surface area (Å²) in [6, 6.07) is 15.2. The molecule has 3 aromatic rings. The van der Waals surface area contributed by atoms with Gasteiger partial charge in [0.2, 0.25) is 0 Å². The van der Waals surface area contributed by atoms with Gasteiger partial charge in [0.15, 0.2) is 0 Å². The van der Waals surface area contributed by atoms with Crippen LogP contribution >= 0.6 is 15.9 Å². The van der Waals surface area contributed by atoms with E-state index in [1.807, 2.05) is 55.5 Å². The third kappa shape index (κ3) is 2.50. The Labute approximate surface area is 174 Å². The lowest BCUT2D eigenvalue weighted by Gasteiger charge is -2.23. The number of benzene rings is 2. The largest absolute Gasteiger partial charge is 0.507 e. The van der Waals surface area contributed by atoms with Crippen molar-refractivity contribution in [2.24, 2.45) is 0 Å². The number of fused-ring (bicyclic) bond motifs is 4. The van der Waals surface area contributed by atoms with Crippen molar-refractivity contribution >= 4 is 33.2 Å². The van der Waals surface area contributed by atoms with Crippen molar-refractivity contribution < 1.29 is 10.1 Å². The zero-order valence-corrected chi connectivity index (χ0v) is 17.1. The van der Waals surface area contributed by atoms with E-state index in [4.69, 9.17) is 0 Å². The number of aliphatic hydroxyl groups is 1. The molecule has 29 heavy (non-hydrogen) atoms. The Balaban J connectivity index is 1.92. The zero-order chi connectivity index (χ0) is 20.3. The number of hydrogen-bond donors (Lipinski definition) is 3. The summed E-state index contributed by atoms with van der Waals surface area (Å²) < 4.78 is 2.43. The predicted molar refractivity (Wildman–Crippen MR) is 114 cm³/mol. The van der Waals surface area contributed by atoms with Gasteiger partial charge in [-0.2, -0.15) is 4.57 Å².